The van der Waals surface area contributed by atoms with Crippen molar-refractivity contribution in [3.05, 3.63) is 0 Å². The zero-order valence-electron chi connectivity index (χ0n) is 6.86. The maximum absolute atomic E-state index is 10.6. The smallest absolute Gasteiger partial charge is 0.336 e. The maximum Gasteiger partial charge on any atom is 0.336 e. The summed E-state index contributed by atoms with van der Waals surface area (Å²) in [5, 5.41) is 17.0. The number of carbonyl (C=O) groups excluding carboxylic acids is 1. The second-order valence-corrected chi connectivity index (χ2v) is 2.16. The van der Waals surface area contributed by atoms with Gasteiger partial charge >= 0.3 is 5.97 Å². The van der Waals surface area contributed by atoms with Crippen molar-refractivity contribution in [3.63, 3.8) is 0 Å². The number of aliphatic hydroxyl groups is 2. The SMILES string of the molecule is CC(O)C(=O)OC(N)CCO.[Zr]. The second kappa shape index (κ2) is 7.86. The van der Waals surface area contributed by atoms with E-state index in [1.165, 1.54) is 6.92 Å². The molecular weight excluding hydrogens is 241 g/mol. The van der Waals surface area contributed by atoms with E-state index in [4.69, 9.17) is 15.9 Å². The molecule has 0 saturated carbocycles. The largest absolute Gasteiger partial charge is 0.445 e. The zero-order valence-corrected chi connectivity index (χ0v) is 9.32. The molecule has 6 heteroatoms. The predicted molar refractivity (Wildman–Crippen MR) is 37.5 cm³/mol. The molecule has 5 nitrogen and oxygen atoms in total. The molecule has 70 valence electrons. The van der Waals surface area contributed by atoms with Gasteiger partial charge in [-0.1, -0.05) is 0 Å². The standard InChI is InChI=1S/C6H13NO4.Zr/c1-4(9)6(10)11-5(7)2-3-8;/h4-5,8-9H,2-3,7H2,1H3;. The van der Waals surface area contributed by atoms with Gasteiger partial charge in [0.25, 0.3) is 0 Å². The van der Waals surface area contributed by atoms with E-state index in [9.17, 15) is 4.79 Å². The first kappa shape index (κ1) is 14.7. The van der Waals surface area contributed by atoms with Crippen LogP contribution in [0.2, 0.25) is 0 Å². The number of hydrogen-bond acceptors (Lipinski definition) is 5. The van der Waals surface area contributed by atoms with Crippen LogP contribution in [0.5, 0.6) is 0 Å². The summed E-state index contributed by atoms with van der Waals surface area (Å²) in [6.45, 7) is 1.14. The molecule has 0 spiro atoms. The van der Waals surface area contributed by atoms with Gasteiger partial charge in [-0.15, -0.1) is 0 Å². The molecule has 2 atom stereocenters. The summed E-state index contributed by atoms with van der Waals surface area (Å²) in [6, 6.07) is 0. The van der Waals surface area contributed by atoms with Crippen LogP contribution < -0.4 is 5.73 Å². The average molecular weight is 254 g/mol. The van der Waals surface area contributed by atoms with Crippen LogP contribution in [-0.4, -0.2) is 35.1 Å². The van der Waals surface area contributed by atoms with Crippen LogP contribution in [0.3, 0.4) is 0 Å². The number of hydrogen-bond donors (Lipinski definition) is 3. The summed E-state index contributed by atoms with van der Waals surface area (Å²) in [5.41, 5.74) is 5.21. The fourth-order valence-corrected chi connectivity index (χ4v) is 0.434. The van der Waals surface area contributed by atoms with Crippen molar-refractivity contribution in [2.75, 3.05) is 6.61 Å². The quantitative estimate of drug-likeness (QED) is 0.423. The normalized spacial score (nSPS) is 14.3. The van der Waals surface area contributed by atoms with Crippen molar-refractivity contribution in [2.45, 2.75) is 25.7 Å². The van der Waals surface area contributed by atoms with Crippen LogP contribution in [0.1, 0.15) is 13.3 Å². The van der Waals surface area contributed by atoms with Gasteiger partial charge in [-0.3, -0.25) is 5.73 Å². The van der Waals surface area contributed by atoms with Crippen molar-refractivity contribution in [1.29, 1.82) is 0 Å². The molecule has 4 N–H and O–H groups in total. The van der Waals surface area contributed by atoms with E-state index in [-0.39, 0.29) is 39.2 Å². The molecule has 0 aromatic carbocycles. The van der Waals surface area contributed by atoms with Crippen molar-refractivity contribution in [1.82, 2.24) is 0 Å². The van der Waals surface area contributed by atoms with Crippen molar-refractivity contribution in [2.24, 2.45) is 5.73 Å². The molecule has 0 radical (unpaired) electrons. The molecule has 0 heterocycles. The van der Waals surface area contributed by atoms with Gasteiger partial charge < -0.3 is 14.9 Å². The van der Waals surface area contributed by atoms with E-state index in [0.717, 1.165) is 0 Å². The van der Waals surface area contributed by atoms with Crippen molar-refractivity contribution >= 4 is 5.97 Å². The van der Waals surface area contributed by atoms with Gasteiger partial charge in [-0.25, -0.2) is 4.79 Å². The zero-order chi connectivity index (χ0) is 8.85. The van der Waals surface area contributed by atoms with Gasteiger partial charge in [0.05, 0.1) is 0 Å². The fraction of sp³-hybridized carbons (Fsp3) is 0.833. The first-order valence-corrected chi connectivity index (χ1v) is 3.33. The molecule has 0 aromatic heterocycles. The summed E-state index contributed by atoms with van der Waals surface area (Å²) < 4.78 is 4.48. The summed E-state index contributed by atoms with van der Waals surface area (Å²) in [6.07, 6.45) is -1.82. The predicted octanol–water partition coefficient (Wildman–Crippen LogP) is -1.42. The minimum absolute atomic E-state index is 0. The van der Waals surface area contributed by atoms with Crippen LogP contribution in [-0.2, 0) is 35.7 Å². The second-order valence-electron chi connectivity index (χ2n) is 2.16. The number of ether oxygens (including phenoxy) is 1. The van der Waals surface area contributed by atoms with Crippen LogP contribution in [0.15, 0.2) is 0 Å². The third kappa shape index (κ3) is 6.91. The van der Waals surface area contributed by atoms with E-state index in [1.54, 1.807) is 0 Å². The Hall–Kier alpha value is 0.233. The first-order valence-electron chi connectivity index (χ1n) is 3.33. The molecule has 0 aliphatic rings. The van der Waals surface area contributed by atoms with E-state index < -0.39 is 18.3 Å². The Labute approximate surface area is 90.0 Å². The Balaban J connectivity index is 0. The summed E-state index contributed by atoms with van der Waals surface area (Å²) in [5.74, 6) is -0.772. The Morgan fingerprint density at radius 2 is 2.17 bits per heavy atom. The Kier molecular flexibility index (Phi) is 9.66. The molecule has 0 aliphatic carbocycles. The van der Waals surface area contributed by atoms with Crippen molar-refractivity contribution < 1.29 is 45.9 Å². The molecule has 0 bridgehead atoms. The summed E-state index contributed by atoms with van der Waals surface area (Å²) in [7, 11) is 0. The molecular formula is C6H13NO4Zr. The van der Waals surface area contributed by atoms with Gasteiger partial charge in [-0.05, 0) is 6.92 Å². The number of aliphatic hydroxyl groups excluding tert-OH is 2. The minimum Gasteiger partial charge on any atom is -0.445 e. The third-order valence-corrected chi connectivity index (χ3v) is 1.02. The first-order chi connectivity index (χ1) is 5.07. The van der Waals surface area contributed by atoms with E-state index >= 15 is 0 Å². The molecule has 0 fully saturated rings. The summed E-state index contributed by atoms with van der Waals surface area (Å²) >= 11 is 0. The molecule has 0 saturated heterocycles. The van der Waals surface area contributed by atoms with Crippen molar-refractivity contribution in [3.8, 4) is 0 Å². The monoisotopic (exact) mass is 253 g/mol. The van der Waals surface area contributed by atoms with E-state index in [1.807, 2.05) is 0 Å². The molecule has 2 unspecified atom stereocenters. The number of esters is 1. The Bertz CT molecular complexity index is 131. The molecule has 0 aliphatic heterocycles. The molecule has 0 rings (SSSR count). The molecule has 0 aromatic rings. The average Bonchev–Trinajstić information content (AvgIpc) is 1.87. The number of rotatable bonds is 4. The fourth-order valence-electron chi connectivity index (χ4n) is 0.434. The topological polar surface area (TPSA) is 92.8 Å². The van der Waals surface area contributed by atoms with E-state index in [0.29, 0.717) is 0 Å². The van der Waals surface area contributed by atoms with Crippen LogP contribution in [0.4, 0.5) is 0 Å². The van der Waals surface area contributed by atoms with Crippen LogP contribution in [0, 0.1) is 0 Å². The van der Waals surface area contributed by atoms with Crippen LogP contribution >= 0.6 is 0 Å². The summed E-state index contributed by atoms with van der Waals surface area (Å²) in [4.78, 5) is 10.6. The van der Waals surface area contributed by atoms with Gasteiger partial charge in [0.2, 0.25) is 0 Å². The van der Waals surface area contributed by atoms with Gasteiger partial charge in [-0.2, -0.15) is 0 Å². The van der Waals surface area contributed by atoms with E-state index in [2.05, 4.69) is 4.74 Å². The Morgan fingerprint density at radius 1 is 1.67 bits per heavy atom. The molecule has 12 heavy (non-hydrogen) atoms. The van der Waals surface area contributed by atoms with Gasteiger partial charge in [0.1, 0.15) is 6.10 Å². The minimum atomic E-state index is -1.17. The van der Waals surface area contributed by atoms with Crippen LogP contribution in [0.25, 0.3) is 0 Å². The van der Waals surface area contributed by atoms with Gasteiger partial charge in [0, 0.05) is 39.2 Å². The van der Waals surface area contributed by atoms with Gasteiger partial charge in [0.15, 0.2) is 6.23 Å². The third-order valence-electron chi connectivity index (χ3n) is 1.02. The number of nitrogens with two attached hydrogens (primary N) is 1. The number of carbonyl (C=O) groups is 1. The molecule has 0 amide bonds. The maximum atomic E-state index is 10.6. The Morgan fingerprint density at radius 3 is 2.50 bits per heavy atom.